The van der Waals surface area contributed by atoms with Crippen LogP contribution in [0.2, 0.25) is 0 Å². The molecule has 0 aromatic rings. The van der Waals surface area contributed by atoms with Crippen molar-refractivity contribution in [1.82, 2.24) is 0 Å². The van der Waals surface area contributed by atoms with Gasteiger partial charge in [-0.05, 0) is 0 Å². The van der Waals surface area contributed by atoms with Crippen LogP contribution in [0.5, 0.6) is 0 Å². The van der Waals surface area contributed by atoms with E-state index in [1.165, 1.54) is 13.8 Å². The Morgan fingerprint density at radius 2 is 0.893 bits per heavy atom. The van der Waals surface area contributed by atoms with Crippen molar-refractivity contribution >= 4 is 29.8 Å². The van der Waals surface area contributed by atoms with Crippen molar-refractivity contribution in [2.45, 2.75) is 65.1 Å². The molecular formula is C17H24O11. The van der Waals surface area contributed by atoms with Crippen molar-refractivity contribution in [2.24, 2.45) is 0 Å². The summed E-state index contributed by atoms with van der Waals surface area (Å²) >= 11 is 0. The maximum absolute atomic E-state index is 11.6. The summed E-state index contributed by atoms with van der Waals surface area (Å²) in [5, 5.41) is 0. The van der Waals surface area contributed by atoms with E-state index in [1.807, 2.05) is 0 Å². The SMILES string of the molecule is CC(=O)OC[C@@H]1O[C@H](COC(C)=O)[C@@H](OC(C)=O)C(OC(C)=O)[C@H]1OC(C)=O. The zero-order chi connectivity index (χ0) is 21.4. The minimum atomic E-state index is -1.28. The summed E-state index contributed by atoms with van der Waals surface area (Å²) in [4.78, 5) is 57.0. The average molecular weight is 404 g/mol. The second-order valence-corrected chi connectivity index (χ2v) is 6.04. The Morgan fingerprint density at radius 3 is 1.18 bits per heavy atom. The summed E-state index contributed by atoms with van der Waals surface area (Å²) in [5.74, 6) is -3.42. The maximum Gasteiger partial charge on any atom is 0.303 e. The first-order valence-corrected chi connectivity index (χ1v) is 8.45. The van der Waals surface area contributed by atoms with Crippen LogP contribution in [0.1, 0.15) is 34.6 Å². The largest absolute Gasteiger partial charge is 0.463 e. The lowest BCUT2D eigenvalue weighted by molar-refractivity contribution is -0.257. The molecule has 0 aliphatic carbocycles. The lowest BCUT2D eigenvalue weighted by Crippen LogP contribution is -2.63. The van der Waals surface area contributed by atoms with Crippen LogP contribution in [-0.4, -0.2) is 73.6 Å². The molecule has 1 saturated heterocycles. The van der Waals surface area contributed by atoms with Gasteiger partial charge in [-0.15, -0.1) is 0 Å². The van der Waals surface area contributed by atoms with Crippen LogP contribution in [0, 0.1) is 0 Å². The molecule has 0 aromatic heterocycles. The van der Waals surface area contributed by atoms with Gasteiger partial charge < -0.3 is 28.4 Å². The fourth-order valence-corrected chi connectivity index (χ4v) is 2.65. The second-order valence-electron chi connectivity index (χ2n) is 6.04. The van der Waals surface area contributed by atoms with Crippen LogP contribution in [0.25, 0.3) is 0 Å². The van der Waals surface area contributed by atoms with E-state index in [0.29, 0.717) is 0 Å². The first kappa shape index (κ1) is 23.3. The minimum absolute atomic E-state index is 0.339. The highest BCUT2D eigenvalue weighted by atomic mass is 16.7. The van der Waals surface area contributed by atoms with Crippen molar-refractivity contribution < 1.29 is 52.4 Å². The normalized spacial score (nSPS) is 26.5. The van der Waals surface area contributed by atoms with Crippen molar-refractivity contribution in [3.8, 4) is 0 Å². The summed E-state index contributed by atoms with van der Waals surface area (Å²) in [6.07, 6.45) is -5.88. The molecule has 1 aliphatic rings. The van der Waals surface area contributed by atoms with E-state index >= 15 is 0 Å². The van der Waals surface area contributed by atoms with E-state index in [2.05, 4.69) is 0 Å². The van der Waals surface area contributed by atoms with Gasteiger partial charge in [0.25, 0.3) is 0 Å². The monoisotopic (exact) mass is 404 g/mol. The molecule has 0 amide bonds. The minimum Gasteiger partial charge on any atom is -0.463 e. The first-order valence-electron chi connectivity index (χ1n) is 8.45. The van der Waals surface area contributed by atoms with Crippen LogP contribution in [0.3, 0.4) is 0 Å². The Labute approximate surface area is 161 Å². The maximum atomic E-state index is 11.6. The number of hydrogen-bond acceptors (Lipinski definition) is 11. The van der Waals surface area contributed by atoms with Gasteiger partial charge in [0.05, 0.1) is 0 Å². The third kappa shape index (κ3) is 7.51. The molecule has 0 bridgehead atoms. The molecule has 11 heteroatoms. The quantitative estimate of drug-likeness (QED) is 0.407. The summed E-state index contributed by atoms with van der Waals surface area (Å²) in [6.45, 7) is 5.03. The van der Waals surface area contributed by atoms with Crippen molar-refractivity contribution in [3.63, 3.8) is 0 Å². The predicted molar refractivity (Wildman–Crippen MR) is 88.6 cm³/mol. The van der Waals surface area contributed by atoms with E-state index in [0.717, 1.165) is 20.8 Å². The lowest BCUT2D eigenvalue weighted by Gasteiger charge is -2.44. The van der Waals surface area contributed by atoms with Gasteiger partial charge in [-0.1, -0.05) is 0 Å². The molecule has 1 fully saturated rings. The first-order chi connectivity index (χ1) is 13.0. The molecule has 0 saturated carbocycles. The number of hydrogen-bond donors (Lipinski definition) is 0. The second kappa shape index (κ2) is 10.6. The van der Waals surface area contributed by atoms with Crippen molar-refractivity contribution in [2.75, 3.05) is 13.2 Å². The van der Waals surface area contributed by atoms with Gasteiger partial charge in [0.1, 0.15) is 25.4 Å². The molecule has 0 N–H and O–H groups in total. The van der Waals surface area contributed by atoms with E-state index in [4.69, 9.17) is 28.4 Å². The lowest BCUT2D eigenvalue weighted by atomic mass is 9.94. The number of carbonyl (C=O) groups is 5. The highest BCUT2D eigenvalue weighted by molar-refractivity contribution is 5.69. The summed E-state index contributed by atoms with van der Waals surface area (Å²) in [6, 6.07) is 0. The highest BCUT2D eigenvalue weighted by Gasteiger charge is 2.52. The number of ether oxygens (including phenoxy) is 6. The highest BCUT2D eigenvalue weighted by Crippen LogP contribution is 2.29. The zero-order valence-corrected chi connectivity index (χ0v) is 16.3. The summed E-state index contributed by atoms with van der Waals surface area (Å²) < 4.78 is 31.2. The molecule has 1 rings (SSSR count). The van der Waals surface area contributed by atoms with Gasteiger partial charge >= 0.3 is 29.8 Å². The zero-order valence-electron chi connectivity index (χ0n) is 16.3. The van der Waals surface area contributed by atoms with E-state index < -0.39 is 60.4 Å². The van der Waals surface area contributed by atoms with Gasteiger partial charge in [0.2, 0.25) is 0 Å². The molecule has 0 radical (unpaired) electrons. The van der Waals surface area contributed by atoms with Gasteiger partial charge in [-0.25, -0.2) is 0 Å². The Morgan fingerprint density at radius 1 is 0.571 bits per heavy atom. The summed E-state index contributed by atoms with van der Waals surface area (Å²) in [7, 11) is 0. The Bertz CT molecular complexity index is 570. The standard InChI is InChI=1S/C17H24O11/c1-8(18)23-6-13-15(25-10(3)20)17(27-12(5)22)16(26-11(4)21)14(28-13)7-24-9(2)19/h13-17H,6-7H2,1-5H3/t13-,14+,15-,16+,17?. The van der Waals surface area contributed by atoms with Crippen LogP contribution < -0.4 is 0 Å². The molecule has 1 heterocycles. The molecule has 5 atom stereocenters. The molecule has 28 heavy (non-hydrogen) atoms. The Hall–Kier alpha value is -2.69. The Kier molecular flexibility index (Phi) is 8.83. The number of rotatable bonds is 7. The van der Waals surface area contributed by atoms with Crippen LogP contribution in [0.4, 0.5) is 0 Å². The van der Waals surface area contributed by atoms with Gasteiger partial charge in [0.15, 0.2) is 18.3 Å². The summed E-state index contributed by atoms with van der Waals surface area (Å²) in [5.41, 5.74) is 0. The molecule has 11 nitrogen and oxygen atoms in total. The Balaban J connectivity index is 3.26. The smallest absolute Gasteiger partial charge is 0.303 e. The molecule has 1 unspecified atom stereocenters. The topological polar surface area (TPSA) is 141 Å². The van der Waals surface area contributed by atoms with Crippen LogP contribution >= 0.6 is 0 Å². The average Bonchev–Trinajstić information content (AvgIpc) is 2.54. The van der Waals surface area contributed by atoms with Crippen LogP contribution in [0.15, 0.2) is 0 Å². The molecule has 158 valence electrons. The molecule has 0 aromatic carbocycles. The van der Waals surface area contributed by atoms with Crippen LogP contribution in [-0.2, 0) is 52.4 Å². The fraction of sp³-hybridized carbons (Fsp3) is 0.706. The van der Waals surface area contributed by atoms with Crippen molar-refractivity contribution in [1.29, 1.82) is 0 Å². The molecular weight excluding hydrogens is 380 g/mol. The van der Waals surface area contributed by atoms with Gasteiger partial charge in [0, 0.05) is 34.6 Å². The number of carbonyl (C=O) groups excluding carboxylic acids is 5. The van der Waals surface area contributed by atoms with E-state index in [9.17, 15) is 24.0 Å². The third-order valence-electron chi connectivity index (χ3n) is 3.54. The van der Waals surface area contributed by atoms with Gasteiger partial charge in [-0.2, -0.15) is 0 Å². The number of esters is 5. The van der Waals surface area contributed by atoms with E-state index in [-0.39, 0.29) is 13.2 Å². The third-order valence-corrected chi connectivity index (χ3v) is 3.54. The predicted octanol–water partition coefficient (Wildman–Crippen LogP) is -0.325. The molecule has 1 aliphatic heterocycles. The molecule has 0 spiro atoms. The van der Waals surface area contributed by atoms with Crippen molar-refractivity contribution in [3.05, 3.63) is 0 Å². The van der Waals surface area contributed by atoms with Gasteiger partial charge in [-0.3, -0.25) is 24.0 Å². The van der Waals surface area contributed by atoms with E-state index in [1.54, 1.807) is 0 Å². The fourth-order valence-electron chi connectivity index (χ4n) is 2.65.